The summed E-state index contributed by atoms with van der Waals surface area (Å²) in [4.78, 5) is 17.4. The average molecular weight is 348 g/mol. The molecule has 3 aromatic rings. The lowest BCUT2D eigenvalue weighted by molar-refractivity contribution is 0.208. The molecule has 134 valence electrons. The molecule has 0 aliphatic heterocycles. The molecular weight excluding hydrogens is 324 g/mol. The van der Waals surface area contributed by atoms with E-state index in [0.29, 0.717) is 5.92 Å². The largest absolute Gasteiger partial charge is 0.335 e. The van der Waals surface area contributed by atoms with E-state index in [4.69, 9.17) is 4.98 Å². The van der Waals surface area contributed by atoms with Crippen molar-refractivity contribution in [1.29, 1.82) is 0 Å². The van der Waals surface area contributed by atoms with Crippen LogP contribution in [0.3, 0.4) is 0 Å². The van der Waals surface area contributed by atoms with Crippen molar-refractivity contribution in [2.75, 3.05) is 0 Å². The molecule has 0 saturated heterocycles. The fraction of sp³-hybridized carbons (Fsp3) is 0.333. The van der Waals surface area contributed by atoms with E-state index in [1.54, 1.807) is 0 Å². The van der Waals surface area contributed by atoms with E-state index in [1.807, 2.05) is 61.6 Å². The summed E-state index contributed by atoms with van der Waals surface area (Å²) in [6, 6.07) is 17.9. The molecule has 1 heterocycles. The van der Waals surface area contributed by atoms with E-state index in [0.717, 1.165) is 35.3 Å². The smallest absolute Gasteiger partial charge is 0.315 e. The number of hydrogen-bond acceptors (Lipinski definition) is 2. The molecule has 1 aliphatic rings. The lowest BCUT2D eigenvalue weighted by Gasteiger charge is -2.33. The molecule has 1 saturated carbocycles. The zero-order chi connectivity index (χ0) is 18.1. The molecule has 2 aromatic carbocycles. The van der Waals surface area contributed by atoms with E-state index in [2.05, 4.69) is 22.1 Å². The van der Waals surface area contributed by atoms with Crippen LogP contribution in [0, 0.1) is 5.92 Å². The molecule has 26 heavy (non-hydrogen) atoms. The van der Waals surface area contributed by atoms with Crippen molar-refractivity contribution in [1.82, 2.24) is 20.2 Å². The molecule has 5 heteroatoms. The molecule has 2 amide bonds. The maximum atomic E-state index is 12.6. The van der Waals surface area contributed by atoms with E-state index >= 15 is 0 Å². The molecule has 0 spiro atoms. The number of fused-ring (bicyclic) bond motifs is 1. The maximum absolute atomic E-state index is 12.6. The summed E-state index contributed by atoms with van der Waals surface area (Å²) in [6.07, 6.45) is 2.10. The van der Waals surface area contributed by atoms with Gasteiger partial charge in [0.05, 0.1) is 11.0 Å². The second kappa shape index (κ2) is 6.83. The van der Waals surface area contributed by atoms with Gasteiger partial charge in [0, 0.05) is 13.1 Å². The summed E-state index contributed by atoms with van der Waals surface area (Å²) < 4.78 is 2.05. The van der Waals surface area contributed by atoms with Crippen molar-refractivity contribution < 1.29 is 4.79 Å². The van der Waals surface area contributed by atoms with Crippen LogP contribution >= 0.6 is 0 Å². The van der Waals surface area contributed by atoms with Crippen molar-refractivity contribution in [2.24, 2.45) is 13.0 Å². The molecule has 2 N–H and O–H groups in total. The molecule has 5 nitrogen and oxygen atoms in total. The highest BCUT2D eigenvalue weighted by Crippen LogP contribution is 2.27. The van der Waals surface area contributed by atoms with Crippen LogP contribution in [0.25, 0.3) is 11.0 Å². The van der Waals surface area contributed by atoms with Crippen molar-refractivity contribution in [2.45, 2.75) is 31.8 Å². The molecule has 0 radical (unpaired) electrons. The Labute approximate surface area is 153 Å². The van der Waals surface area contributed by atoms with Crippen LogP contribution in [0.4, 0.5) is 4.79 Å². The van der Waals surface area contributed by atoms with Crippen molar-refractivity contribution in [3.8, 4) is 0 Å². The minimum absolute atomic E-state index is 0.136. The first kappa shape index (κ1) is 16.6. The third kappa shape index (κ3) is 3.17. The van der Waals surface area contributed by atoms with E-state index in [-0.39, 0.29) is 18.1 Å². The number of aromatic nitrogens is 2. The quantitative estimate of drug-likeness (QED) is 0.754. The van der Waals surface area contributed by atoms with Gasteiger partial charge in [-0.25, -0.2) is 9.78 Å². The molecule has 1 unspecified atom stereocenters. The fourth-order valence-corrected chi connectivity index (χ4v) is 3.74. The van der Waals surface area contributed by atoms with Crippen molar-refractivity contribution in [3.05, 3.63) is 66.0 Å². The number of rotatable bonds is 4. The Bertz CT molecular complexity index is 912. The van der Waals surface area contributed by atoms with Crippen LogP contribution in [-0.2, 0) is 7.05 Å². The van der Waals surface area contributed by atoms with Gasteiger partial charge >= 0.3 is 6.03 Å². The van der Waals surface area contributed by atoms with Gasteiger partial charge in [0.2, 0.25) is 0 Å². The Morgan fingerprint density at radius 2 is 1.81 bits per heavy atom. The number of amides is 2. The lowest BCUT2D eigenvalue weighted by Crippen LogP contribution is -2.48. The fourth-order valence-electron chi connectivity index (χ4n) is 3.74. The molecule has 1 aromatic heterocycles. The third-order valence-corrected chi connectivity index (χ3v) is 5.20. The van der Waals surface area contributed by atoms with Crippen LogP contribution < -0.4 is 10.6 Å². The Balaban J connectivity index is 1.64. The van der Waals surface area contributed by atoms with E-state index < -0.39 is 0 Å². The predicted molar refractivity (Wildman–Crippen MR) is 103 cm³/mol. The average Bonchev–Trinajstić information content (AvgIpc) is 2.96. The first-order valence-corrected chi connectivity index (χ1v) is 9.15. The maximum Gasteiger partial charge on any atom is 0.315 e. The van der Waals surface area contributed by atoms with Gasteiger partial charge in [-0.3, -0.25) is 0 Å². The van der Waals surface area contributed by atoms with Crippen LogP contribution in [0.1, 0.15) is 37.2 Å². The van der Waals surface area contributed by atoms with Crippen molar-refractivity contribution in [3.63, 3.8) is 0 Å². The summed E-state index contributed by atoms with van der Waals surface area (Å²) in [5.41, 5.74) is 3.00. The Hall–Kier alpha value is -2.82. The van der Waals surface area contributed by atoms with Gasteiger partial charge in [-0.1, -0.05) is 49.4 Å². The molecule has 1 fully saturated rings. The van der Waals surface area contributed by atoms with Crippen LogP contribution in [0.15, 0.2) is 54.6 Å². The van der Waals surface area contributed by atoms with Gasteiger partial charge in [0.25, 0.3) is 0 Å². The van der Waals surface area contributed by atoms with Crippen molar-refractivity contribution >= 4 is 17.1 Å². The van der Waals surface area contributed by atoms with Crippen LogP contribution in [0.2, 0.25) is 0 Å². The molecular formula is C21H24N4O. The highest BCUT2D eigenvalue weighted by Gasteiger charge is 2.28. The number of carbonyl (C=O) groups is 1. The van der Waals surface area contributed by atoms with E-state index in [9.17, 15) is 4.79 Å². The van der Waals surface area contributed by atoms with Gasteiger partial charge in [0.1, 0.15) is 11.9 Å². The first-order chi connectivity index (χ1) is 12.6. The van der Waals surface area contributed by atoms with Crippen LogP contribution in [-0.4, -0.2) is 21.6 Å². The SMILES string of the molecule is CC1CC(NC(=O)NC(c2ccccc2)c2nc3ccccc3n2C)C1. The minimum Gasteiger partial charge on any atom is -0.335 e. The number of nitrogens with one attached hydrogen (secondary N) is 2. The Morgan fingerprint density at radius 3 is 2.50 bits per heavy atom. The minimum atomic E-state index is -0.300. The number of urea groups is 1. The number of para-hydroxylation sites is 2. The summed E-state index contributed by atoms with van der Waals surface area (Å²) >= 11 is 0. The summed E-state index contributed by atoms with van der Waals surface area (Å²) in [5, 5.41) is 6.21. The summed E-state index contributed by atoms with van der Waals surface area (Å²) in [6.45, 7) is 2.21. The number of benzene rings is 2. The molecule has 1 atom stereocenters. The van der Waals surface area contributed by atoms with Gasteiger partial charge in [-0.05, 0) is 36.5 Å². The Kier molecular flexibility index (Phi) is 4.37. The normalized spacial score (nSPS) is 20.4. The Morgan fingerprint density at radius 1 is 1.12 bits per heavy atom. The van der Waals surface area contributed by atoms with Gasteiger partial charge < -0.3 is 15.2 Å². The second-order valence-electron chi connectivity index (χ2n) is 7.25. The standard InChI is InChI=1S/C21H24N4O/c1-14-12-16(13-14)22-21(26)24-19(15-8-4-3-5-9-15)20-23-17-10-6-7-11-18(17)25(20)2/h3-11,14,16,19H,12-13H2,1-2H3,(H2,22,24,26). The molecule has 0 bridgehead atoms. The topological polar surface area (TPSA) is 59.0 Å². The van der Waals surface area contributed by atoms with Gasteiger partial charge in [0.15, 0.2) is 0 Å². The molecule has 1 aliphatic carbocycles. The van der Waals surface area contributed by atoms with Gasteiger partial charge in [-0.15, -0.1) is 0 Å². The lowest BCUT2D eigenvalue weighted by atomic mass is 9.82. The number of carbonyl (C=O) groups excluding carboxylic acids is 1. The monoisotopic (exact) mass is 348 g/mol. The number of imidazole rings is 1. The van der Waals surface area contributed by atoms with E-state index in [1.165, 1.54) is 0 Å². The third-order valence-electron chi connectivity index (χ3n) is 5.20. The zero-order valence-electron chi connectivity index (χ0n) is 15.1. The van der Waals surface area contributed by atoms with Gasteiger partial charge in [-0.2, -0.15) is 0 Å². The highest BCUT2D eigenvalue weighted by atomic mass is 16.2. The number of hydrogen-bond donors (Lipinski definition) is 2. The summed E-state index contributed by atoms with van der Waals surface area (Å²) in [7, 11) is 1.99. The zero-order valence-corrected chi connectivity index (χ0v) is 15.1. The number of aryl methyl sites for hydroxylation is 1. The number of nitrogens with zero attached hydrogens (tertiary/aromatic N) is 2. The van der Waals surface area contributed by atoms with Crippen LogP contribution in [0.5, 0.6) is 0 Å². The molecule has 4 rings (SSSR count). The summed E-state index contributed by atoms with van der Waals surface area (Å²) in [5.74, 6) is 1.53. The first-order valence-electron chi connectivity index (χ1n) is 9.15. The highest BCUT2D eigenvalue weighted by molar-refractivity contribution is 5.78. The predicted octanol–water partition coefficient (Wildman–Crippen LogP) is 3.76. The second-order valence-corrected chi connectivity index (χ2v) is 7.25.